The predicted molar refractivity (Wildman–Crippen MR) is 55.4 cm³/mol. The first-order valence-electron chi connectivity index (χ1n) is 5.09. The molecule has 17 heavy (non-hydrogen) atoms. The fraction of sp³-hybridized carbons (Fsp3) is 0.273. The third kappa shape index (κ3) is 1.86. The van der Waals surface area contributed by atoms with E-state index in [2.05, 4.69) is 0 Å². The monoisotopic (exact) mass is 240 g/mol. The Balaban J connectivity index is 2.49. The van der Waals surface area contributed by atoms with Gasteiger partial charge in [-0.2, -0.15) is 0 Å². The molecule has 0 spiro atoms. The van der Waals surface area contributed by atoms with E-state index in [1.54, 1.807) is 0 Å². The van der Waals surface area contributed by atoms with Gasteiger partial charge in [-0.1, -0.05) is 0 Å². The number of benzene rings is 1. The molecular formula is C11H10F2N2O2. The van der Waals surface area contributed by atoms with E-state index in [-0.39, 0.29) is 5.56 Å². The highest BCUT2D eigenvalue weighted by molar-refractivity contribution is 6.07. The summed E-state index contributed by atoms with van der Waals surface area (Å²) in [5.41, 5.74) is 4.10. The van der Waals surface area contributed by atoms with Crippen LogP contribution in [0.4, 0.5) is 8.78 Å². The molecule has 1 saturated heterocycles. The van der Waals surface area contributed by atoms with Crippen LogP contribution in [0.15, 0.2) is 12.1 Å². The Morgan fingerprint density at radius 3 is 2.35 bits per heavy atom. The van der Waals surface area contributed by atoms with Crippen molar-refractivity contribution in [3.05, 3.63) is 34.9 Å². The number of likely N-dealkylation sites (tertiary alicyclic amines) is 1. The summed E-state index contributed by atoms with van der Waals surface area (Å²) in [7, 11) is 0. The first kappa shape index (κ1) is 11.5. The zero-order chi connectivity index (χ0) is 12.6. The van der Waals surface area contributed by atoms with E-state index in [1.165, 1.54) is 4.90 Å². The number of amides is 2. The summed E-state index contributed by atoms with van der Waals surface area (Å²) in [5, 5.41) is 0. The van der Waals surface area contributed by atoms with Crippen LogP contribution in [0.3, 0.4) is 0 Å². The van der Waals surface area contributed by atoms with Crippen molar-refractivity contribution in [3.63, 3.8) is 0 Å². The second kappa shape index (κ2) is 4.12. The normalized spacial score (nSPS) is 14.4. The Kier molecular flexibility index (Phi) is 2.79. The molecule has 0 radical (unpaired) electrons. The Morgan fingerprint density at radius 1 is 1.24 bits per heavy atom. The molecule has 2 N–H and O–H groups in total. The van der Waals surface area contributed by atoms with Gasteiger partial charge in [0.1, 0.15) is 0 Å². The first-order valence-corrected chi connectivity index (χ1v) is 5.09. The minimum Gasteiger partial charge on any atom is -0.365 e. The molecule has 0 unspecified atom stereocenters. The Morgan fingerprint density at radius 2 is 1.88 bits per heavy atom. The molecule has 0 saturated carbocycles. The van der Waals surface area contributed by atoms with Gasteiger partial charge in [0.25, 0.3) is 11.8 Å². The average Bonchev–Trinajstić information content (AvgIpc) is 2.18. The molecule has 1 fully saturated rings. The van der Waals surface area contributed by atoms with Crippen LogP contribution in [0, 0.1) is 11.6 Å². The number of nitrogens with zero attached hydrogens (tertiary/aromatic N) is 1. The van der Waals surface area contributed by atoms with Crippen molar-refractivity contribution in [1.29, 1.82) is 0 Å². The number of nitrogens with two attached hydrogens (primary N) is 1. The fourth-order valence-electron chi connectivity index (χ4n) is 1.66. The molecular weight excluding hydrogens is 230 g/mol. The summed E-state index contributed by atoms with van der Waals surface area (Å²) >= 11 is 0. The third-order valence-electron chi connectivity index (χ3n) is 2.71. The van der Waals surface area contributed by atoms with Gasteiger partial charge in [-0.3, -0.25) is 9.59 Å². The van der Waals surface area contributed by atoms with E-state index >= 15 is 0 Å². The lowest BCUT2D eigenvalue weighted by Gasteiger charge is -2.31. The van der Waals surface area contributed by atoms with Crippen molar-refractivity contribution in [1.82, 2.24) is 4.90 Å². The number of primary amides is 1. The van der Waals surface area contributed by atoms with Crippen LogP contribution < -0.4 is 5.73 Å². The van der Waals surface area contributed by atoms with Crippen LogP contribution >= 0.6 is 0 Å². The third-order valence-corrected chi connectivity index (χ3v) is 2.71. The van der Waals surface area contributed by atoms with E-state index in [1.807, 2.05) is 0 Å². The Labute approximate surface area is 96.0 Å². The quantitative estimate of drug-likeness (QED) is 0.835. The summed E-state index contributed by atoms with van der Waals surface area (Å²) in [6.07, 6.45) is 0.862. The highest BCUT2D eigenvalue weighted by Gasteiger charge is 2.28. The number of halogens is 2. The molecule has 0 atom stereocenters. The molecule has 2 rings (SSSR count). The predicted octanol–water partition coefficient (Wildman–Crippen LogP) is 0.910. The molecule has 1 aromatic carbocycles. The van der Waals surface area contributed by atoms with Crippen molar-refractivity contribution in [2.45, 2.75) is 6.42 Å². The van der Waals surface area contributed by atoms with Gasteiger partial charge in [-0.25, -0.2) is 8.78 Å². The van der Waals surface area contributed by atoms with E-state index in [0.29, 0.717) is 13.1 Å². The van der Waals surface area contributed by atoms with Gasteiger partial charge in [0.05, 0.1) is 11.1 Å². The Hall–Kier alpha value is -1.98. The van der Waals surface area contributed by atoms with Gasteiger partial charge in [0.15, 0.2) is 11.6 Å². The van der Waals surface area contributed by atoms with Crippen molar-refractivity contribution in [2.75, 3.05) is 13.1 Å². The van der Waals surface area contributed by atoms with E-state index in [4.69, 9.17) is 5.73 Å². The van der Waals surface area contributed by atoms with Gasteiger partial charge in [-0.15, -0.1) is 0 Å². The van der Waals surface area contributed by atoms with Gasteiger partial charge in [0, 0.05) is 13.1 Å². The van der Waals surface area contributed by atoms with Crippen LogP contribution in [0.5, 0.6) is 0 Å². The number of carbonyl (C=O) groups excluding carboxylic acids is 2. The summed E-state index contributed by atoms with van der Waals surface area (Å²) in [5.74, 6) is -4.21. The molecule has 0 bridgehead atoms. The number of hydrogen-bond donors (Lipinski definition) is 1. The van der Waals surface area contributed by atoms with Gasteiger partial charge >= 0.3 is 0 Å². The van der Waals surface area contributed by atoms with Crippen molar-refractivity contribution >= 4 is 11.8 Å². The van der Waals surface area contributed by atoms with E-state index in [0.717, 1.165) is 18.6 Å². The van der Waals surface area contributed by atoms with E-state index in [9.17, 15) is 18.4 Å². The largest absolute Gasteiger partial charge is 0.365 e. The molecule has 6 heteroatoms. The molecule has 90 valence electrons. The lowest BCUT2D eigenvalue weighted by molar-refractivity contribution is 0.0647. The minimum atomic E-state index is -1.37. The summed E-state index contributed by atoms with van der Waals surface area (Å²) < 4.78 is 26.4. The highest BCUT2D eigenvalue weighted by Crippen LogP contribution is 2.20. The molecule has 1 heterocycles. The second-order valence-electron chi connectivity index (χ2n) is 3.79. The zero-order valence-electron chi connectivity index (χ0n) is 8.87. The second-order valence-corrected chi connectivity index (χ2v) is 3.79. The topological polar surface area (TPSA) is 63.4 Å². The number of carbonyl (C=O) groups is 2. The SMILES string of the molecule is NC(=O)c1c(C(=O)N2CCC2)ccc(F)c1F. The molecule has 2 amide bonds. The fourth-order valence-corrected chi connectivity index (χ4v) is 1.66. The maximum Gasteiger partial charge on any atom is 0.254 e. The van der Waals surface area contributed by atoms with E-state index < -0.39 is 29.0 Å². The lowest BCUT2D eigenvalue weighted by atomic mass is 10.0. The highest BCUT2D eigenvalue weighted by atomic mass is 19.2. The smallest absolute Gasteiger partial charge is 0.254 e. The summed E-state index contributed by atoms with van der Waals surface area (Å²) in [6, 6.07) is 1.90. The van der Waals surface area contributed by atoms with Crippen LogP contribution in [-0.2, 0) is 0 Å². The van der Waals surface area contributed by atoms with Gasteiger partial charge < -0.3 is 10.6 Å². The first-order chi connectivity index (χ1) is 8.02. The van der Waals surface area contributed by atoms with Crippen molar-refractivity contribution in [3.8, 4) is 0 Å². The Bertz CT molecular complexity index is 498. The van der Waals surface area contributed by atoms with Crippen molar-refractivity contribution in [2.24, 2.45) is 5.73 Å². The standard InChI is InChI=1S/C11H10F2N2O2/c12-7-3-2-6(8(9(7)13)10(14)16)11(17)15-4-1-5-15/h2-3H,1,4-5H2,(H2,14,16). The van der Waals surface area contributed by atoms with Crippen LogP contribution in [0.2, 0.25) is 0 Å². The maximum atomic E-state index is 13.4. The van der Waals surface area contributed by atoms with Crippen LogP contribution in [0.25, 0.3) is 0 Å². The lowest BCUT2D eigenvalue weighted by Crippen LogP contribution is -2.43. The number of hydrogen-bond acceptors (Lipinski definition) is 2. The average molecular weight is 240 g/mol. The summed E-state index contributed by atoms with van der Waals surface area (Å²) in [6.45, 7) is 1.10. The minimum absolute atomic E-state index is 0.184. The molecule has 1 aromatic rings. The van der Waals surface area contributed by atoms with Gasteiger partial charge in [0.2, 0.25) is 0 Å². The van der Waals surface area contributed by atoms with Gasteiger partial charge in [-0.05, 0) is 18.6 Å². The van der Waals surface area contributed by atoms with Crippen molar-refractivity contribution < 1.29 is 18.4 Å². The molecule has 0 aliphatic carbocycles. The molecule has 1 aliphatic rings. The van der Waals surface area contributed by atoms with Crippen LogP contribution in [0.1, 0.15) is 27.1 Å². The summed E-state index contributed by atoms with van der Waals surface area (Å²) in [4.78, 5) is 24.4. The molecule has 0 aromatic heterocycles. The number of rotatable bonds is 2. The zero-order valence-corrected chi connectivity index (χ0v) is 8.87. The van der Waals surface area contributed by atoms with Crippen LogP contribution in [-0.4, -0.2) is 29.8 Å². The maximum absolute atomic E-state index is 13.4. The molecule has 4 nitrogen and oxygen atoms in total. The molecule has 1 aliphatic heterocycles.